The minimum Gasteiger partial charge on any atom is -0.490 e. The zero-order valence-corrected chi connectivity index (χ0v) is 22.0. The smallest absolute Gasteiger partial charge is 0.343 e. The zero-order valence-electron chi connectivity index (χ0n) is 22.0. The number of carbonyl (C=O) groups excluding carboxylic acids is 1. The Morgan fingerprint density at radius 1 is 0.900 bits per heavy atom. The lowest BCUT2D eigenvalue weighted by Gasteiger charge is -2.12. The Labute approximate surface area is 231 Å². The van der Waals surface area contributed by atoms with Crippen LogP contribution in [0.2, 0.25) is 0 Å². The van der Waals surface area contributed by atoms with Gasteiger partial charge in [0.05, 0.1) is 18.3 Å². The number of halogens is 3. The van der Waals surface area contributed by atoms with Gasteiger partial charge in [0, 0.05) is 11.1 Å². The van der Waals surface area contributed by atoms with Crippen molar-refractivity contribution in [1.82, 2.24) is 0 Å². The molecule has 7 heteroatoms. The molecule has 4 nitrogen and oxygen atoms in total. The van der Waals surface area contributed by atoms with Crippen molar-refractivity contribution in [1.29, 1.82) is 0 Å². The largest absolute Gasteiger partial charge is 0.490 e. The van der Waals surface area contributed by atoms with Gasteiger partial charge < -0.3 is 14.6 Å². The first-order chi connectivity index (χ1) is 19.3. The van der Waals surface area contributed by atoms with Gasteiger partial charge in [-0.25, -0.2) is 18.0 Å². The van der Waals surface area contributed by atoms with Gasteiger partial charge in [-0.05, 0) is 59.9 Å². The normalized spacial score (nSPS) is 11.6. The van der Waals surface area contributed by atoms with E-state index in [-0.39, 0.29) is 34.8 Å². The fourth-order valence-electron chi connectivity index (χ4n) is 4.19. The topological polar surface area (TPSA) is 55.8 Å². The number of esters is 1. The van der Waals surface area contributed by atoms with Gasteiger partial charge >= 0.3 is 5.97 Å². The lowest BCUT2D eigenvalue weighted by atomic mass is 9.97. The summed E-state index contributed by atoms with van der Waals surface area (Å²) in [5, 5.41) is 10.1. The quantitative estimate of drug-likeness (QED) is 0.0888. The fraction of sp³-hybridized carbons (Fsp3) is 0.182. The highest BCUT2D eigenvalue weighted by Crippen LogP contribution is 2.33. The third-order valence-electron chi connectivity index (χ3n) is 6.37. The summed E-state index contributed by atoms with van der Waals surface area (Å²) in [5.41, 5.74) is 1.74. The number of ether oxygens (including phenoxy) is 2. The number of hydrogen-bond donors (Lipinski definition) is 1. The number of benzene rings is 4. The van der Waals surface area contributed by atoms with Crippen molar-refractivity contribution in [2.75, 3.05) is 6.61 Å². The summed E-state index contributed by atoms with van der Waals surface area (Å²) >= 11 is 0. The highest BCUT2D eigenvalue weighted by Gasteiger charge is 2.18. The van der Waals surface area contributed by atoms with Crippen LogP contribution in [-0.4, -0.2) is 17.7 Å². The number of aliphatic hydroxyl groups is 1. The minimum atomic E-state index is -1.01. The molecule has 0 aliphatic heterocycles. The number of aliphatic hydroxyl groups excluding tert-OH is 1. The van der Waals surface area contributed by atoms with Crippen molar-refractivity contribution in [3.8, 4) is 33.8 Å². The Morgan fingerprint density at radius 3 is 2.05 bits per heavy atom. The van der Waals surface area contributed by atoms with E-state index in [1.165, 1.54) is 48.5 Å². The molecule has 0 saturated carbocycles. The molecule has 0 bridgehead atoms. The van der Waals surface area contributed by atoms with Crippen LogP contribution in [0.3, 0.4) is 0 Å². The predicted octanol–water partition coefficient (Wildman–Crippen LogP) is 8.45. The Morgan fingerprint density at radius 2 is 1.50 bits per heavy atom. The van der Waals surface area contributed by atoms with E-state index in [1.54, 1.807) is 30.3 Å². The van der Waals surface area contributed by atoms with Gasteiger partial charge in [0.15, 0.2) is 23.2 Å². The van der Waals surface area contributed by atoms with Gasteiger partial charge in [-0.15, -0.1) is 6.58 Å². The number of carbonyl (C=O) groups is 1. The van der Waals surface area contributed by atoms with Gasteiger partial charge in [0.1, 0.15) is 5.75 Å². The molecule has 0 spiro atoms. The van der Waals surface area contributed by atoms with E-state index in [1.807, 2.05) is 6.92 Å². The molecule has 0 radical (unpaired) electrons. The van der Waals surface area contributed by atoms with Crippen LogP contribution >= 0.6 is 0 Å². The van der Waals surface area contributed by atoms with Crippen molar-refractivity contribution in [2.45, 2.75) is 32.3 Å². The molecule has 4 aromatic carbocycles. The Kier molecular flexibility index (Phi) is 9.40. The van der Waals surface area contributed by atoms with E-state index in [9.17, 15) is 14.3 Å². The molecule has 0 amide bonds. The van der Waals surface area contributed by atoms with Crippen molar-refractivity contribution in [3.05, 3.63) is 120 Å². The van der Waals surface area contributed by atoms with E-state index in [4.69, 9.17) is 9.47 Å². The molecule has 0 aliphatic carbocycles. The van der Waals surface area contributed by atoms with Gasteiger partial charge in [0.25, 0.3) is 0 Å². The average Bonchev–Trinajstić information content (AvgIpc) is 2.96. The lowest BCUT2D eigenvalue weighted by molar-refractivity contribution is 0.0734. The molecular formula is C33H29F3O4. The monoisotopic (exact) mass is 546 g/mol. The third-order valence-corrected chi connectivity index (χ3v) is 6.37. The molecule has 0 aliphatic rings. The summed E-state index contributed by atoms with van der Waals surface area (Å²) in [5.74, 6) is -3.30. The van der Waals surface area contributed by atoms with E-state index < -0.39 is 29.5 Å². The van der Waals surface area contributed by atoms with E-state index in [0.29, 0.717) is 24.0 Å². The van der Waals surface area contributed by atoms with Gasteiger partial charge in [-0.1, -0.05) is 68.0 Å². The van der Waals surface area contributed by atoms with Crippen LogP contribution in [0.4, 0.5) is 13.2 Å². The standard InChI is InChI=1S/C33H29F3O4/c1-3-5-19-39-30-18-13-24(20-28(30)34)33(38)40-25-14-11-22(12-15-25)27-17-16-26(31(35)32(27)36)21-7-9-23(10-8-21)29(37)6-4-2/h3,7-18,20,29,37H,1,4-6,19H2,2H3. The molecule has 0 fully saturated rings. The molecule has 0 aromatic heterocycles. The maximum Gasteiger partial charge on any atom is 0.343 e. The summed E-state index contributed by atoms with van der Waals surface area (Å²) in [6, 6.07) is 19.4. The van der Waals surface area contributed by atoms with Crippen molar-refractivity contribution in [2.24, 2.45) is 0 Å². The van der Waals surface area contributed by atoms with Crippen molar-refractivity contribution in [3.63, 3.8) is 0 Å². The Hall–Kier alpha value is -4.36. The van der Waals surface area contributed by atoms with Crippen molar-refractivity contribution >= 4 is 5.97 Å². The highest BCUT2D eigenvalue weighted by molar-refractivity contribution is 5.91. The second-order valence-electron chi connectivity index (χ2n) is 9.20. The fourth-order valence-corrected chi connectivity index (χ4v) is 4.19. The lowest BCUT2D eigenvalue weighted by Crippen LogP contribution is -2.09. The van der Waals surface area contributed by atoms with E-state index >= 15 is 8.78 Å². The third kappa shape index (κ3) is 6.61. The maximum atomic E-state index is 15.1. The molecule has 1 atom stereocenters. The van der Waals surface area contributed by atoms with Gasteiger partial charge in [-0.2, -0.15) is 0 Å². The SMILES string of the molecule is C=CCCOc1ccc(C(=O)Oc2ccc(-c3ccc(-c4ccc(C(O)CCC)cc4)c(F)c3F)cc2)cc1F. The molecule has 4 rings (SSSR count). The maximum absolute atomic E-state index is 15.1. The first kappa shape index (κ1) is 28.6. The first-order valence-corrected chi connectivity index (χ1v) is 12.9. The highest BCUT2D eigenvalue weighted by atomic mass is 19.2. The van der Waals surface area contributed by atoms with E-state index in [0.717, 1.165) is 18.1 Å². The average molecular weight is 547 g/mol. The van der Waals surface area contributed by atoms with Crippen LogP contribution in [-0.2, 0) is 0 Å². The van der Waals surface area contributed by atoms with Crippen LogP contribution in [0.1, 0.15) is 48.2 Å². The van der Waals surface area contributed by atoms with Crippen molar-refractivity contribution < 1.29 is 32.5 Å². The Balaban J connectivity index is 1.46. The summed E-state index contributed by atoms with van der Waals surface area (Å²) in [6.45, 7) is 5.81. The van der Waals surface area contributed by atoms with Gasteiger partial charge in [-0.3, -0.25) is 0 Å². The molecule has 1 N–H and O–H groups in total. The van der Waals surface area contributed by atoms with Crippen LogP contribution in [0, 0.1) is 17.5 Å². The first-order valence-electron chi connectivity index (χ1n) is 12.9. The van der Waals surface area contributed by atoms with Gasteiger partial charge in [0.2, 0.25) is 0 Å². The summed E-state index contributed by atoms with van der Waals surface area (Å²) < 4.78 is 55.0. The second kappa shape index (κ2) is 13.1. The van der Waals surface area contributed by atoms with Crippen LogP contribution < -0.4 is 9.47 Å². The van der Waals surface area contributed by atoms with Crippen LogP contribution in [0.15, 0.2) is 91.5 Å². The molecule has 4 aromatic rings. The van der Waals surface area contributed by atoms with E-state index in [2.05, 4.69) is 6.58 Å². The van der Waals surface area contributed by atoms with Crippen LogP contribution in [0.5, 0.6) is 11.5 Å². The van der Waals surface area contributed by atoms with Crippen LogP contribution in [0.25, 0.3) is 22.3 Å². The Bertz CT molecular complexity index is 1480. The zero-order chi connectivity index (χ0) is 28.6. The molecule has 0 heterocycles. The minimum absolute atomic E-state index is 0.00532. The summed E-state index contributed by atoms with van der Waals surface area (Å²) in [7, 11) is 0. The molecule has 206 valence electrons. The molecule has 1 unspecified atom stereocenters. The predicted molar refractivity (Wildman–Crippen MR) is 149 cm³/mol. The molecule has 0 saturated heterocycles. The summed E-state index contributed by atoms with van der Waals surface area (Å²) in [4.78, 5) is 12.5. The second-order valence-corrected chi connectivity index (χ2v) is 9.20. The number of rotatable bonds is 11. The summed E-state index contributed by atoms with van der Waals surface area (Å²) in [6.07, 6.45) is 3.05. The number of hydrogen-bond acceptors (Lipinski definition) is 4. The molecular weight excluding hydrogens is 517 g/mol. The molecule has 40 heavy (non-hydrogen) atoms.